The molecule has 0 radical (unpaired) electrons. The lowest BCUT2D eigenvalue weighted by Crippen LogP contribution is -1.99. The molecule has 0 saturated heterocycles. The molecule has 2 aromatic rings. The molecule has 0 spiro atoms. The second-order valence-corrected chi connectivity index (χ2v) is 4.24. The third kappa shape index (κ3) is 4.07. The third-order valence-electron chi connectivity index (χ3n) is 2.74. The Hall–Kier alpha value is -2.82. The number of nitrogens with two attached hydrogens (primary N) is 1. The topological polar surface area (TPSA) is 59.0 Å². The van der Waals surface area contributed by atoms with E-state index in [0.29, 0.717) is 16.9 Å². The van der Waals surface area contributed by atoms with Crippen molar-refractivity contribution in [2.24, 2.45) is 5.73 Å². The number of nitriles is 1. The summed E-state index contributed by atoms with van der Waals surface area (Å²) in [7, 11) is 0. The van der Waals surface area contributed by atoms with E-state index in [1.807, 2.05) is 6.07 Å². The Kier molecular flexibility index (Phi) is 4.93. The van der Waals surface area contributed by atoms with Gasteiger partial charge in [0.2, 0.25) is 0 Å². The Morgan fingerprint density at radius 1 is 1.19 bits per heavy atom. The summed E-state index contributed by atoms with van der Waals surface area (Å²) in [5.41, 5.74) is 7.08. The minimum Gasteiger partial charge on any atom is -0.489 e. The van der Waals surface area contributed by atoms with Crippen LogP contribution >= 0.6 is 0 Å². The maximum atomic E-state index is 13.5. The molecule has 0 atom stereocenters. The van der Waals surface area contributed by atoms with Gasteiger partial charge >= 0.3 is 0 Å². The highest BCUT2D eigenvalue weighted by atomic mass is 19.1. The van der Waals surface area contributed by atoms with Crippen LogP contribution in [-0.2, 0) is 6.61 Å². The first-order valence-corrected chi connectivity index (χ1v) is 6.33. The van der Waals surface area contributed by atoms with Crippen LogP contribution in [0.3, 0.4) is 0 Å². The molecule has 4 heteroatoms. The highest BCUT2D eigenvalue weighted by molar-refractivity contribution is 5.41. The van der Waals surface area contributed by atoms with Crippen LogP contribution in [0.4, 0.5) is 4.39 Å². The molecule has 0 amide bonds. The molecule has 0 aliphatic rings. The van der Waals surface area contributed by atoms with E-state index >= 15 is 0 Å². The van der Waals surface area contributed by atoms with Gasteiger partial charge in [-0.2, -0.15) is 5.26 Å². The number of hydrogen-bond donors (Lipinski definition) is 1. The molecule has 0 aliphatic heterocycles. The lowest BCUT2D eigenvalue weighted by atomic mass is 10.1. The average Bonchev–Trinajstić information content (AvgIpc) is 2.50. The van der Waals surface area contributed by atoms with E-state index in [1.54, 1.807) is 24.3 Å². The highest BCUT2D eigenvalue weighted by Crippen LogP contribution is 2.18. The van der Waals surface area contributed by atoms with E-state index in [1.165, 1.54) is 12.1 Å². The predicted octanol–water partition coefficient (Wildman–Crippen LogP) is 2.59. The van der Waals surface area contributed by atoms with Gasteiger partial charge in [0, 0.05) is 17.2 Å². The Balaban J connectivity index is 2.17. The van der Waals surface area contributed by atoms with E-state index in [-0.39, 0.29) is 13.2 Å². The zero-order chi connectivity index (χ0) is 15.1. The van der Waals surface area contributed by atoms with Crippen LogP contribution in [0.15, 0.2) is 42.5 Å². The molecule has 3 nitrogen and oxygen atoms in total. The Morgan fingerprint density at radius 3 is 2.76 bits per heavy atom. The van der Waals surface area contributed by atoms with Crippen molar-refractivity contribution in [1.82, 2.24) is 0 Å². The summed E-state index contributed by atoms with van der Waals surface area (Å²) in [4.78, 5) is 0. The summed E-state index contributed by atoms with van der Waals surface area (Å²) in [6.07, 6.45) is 0. The van der Waals surface area contributed by atoms with Gasteiger partial charge in [-0.1, -0.05) is 30.0 Å². The average molecular weight is 280 g/mol. The van der Waals surface area contributed by atoms with E-state index in [4.69, 9.17) is 15.7 Å². The molecule has 0 aliphatic carbocycles. The molecule has 21 heavy (non-hydrogen) atoms. The summed E-state index contributed by atoms with van der Waals surface area (Å²) < 4.78 is 19.0. The van der Waals surface area contributed by atoms with Crippen LogP contribution in [0, 0.1) is 29.0 Å². The first-order chi connectivity index (χ1) is 10.2. The Morgan fingerprint density at radius 2 is 2.00 bits per heavy atom. The van der Waals surface area contributed by atoms with E-state index in [0.717, 1.165) is 5.56 Å². The number of benzene rings is 2. The fourth-order valence-electron chi connectivity index (χ4n) is 1.79. The second kappa shape index (κ2) is 7.09. The summed E-state index contributed by atoms with van der Waals surface area (Å²) in [5, 5.41) is 9.01. The highest BCUT2D eigenvalue weighted by Gasteiger charge is 2.04. The first kappa shape index (κ1) is 14.6. The first-order valence-electron chi connectivity index (χ1n) is 6.33. The van der Waals surface area contributed by atoms with Gasteiger partial charge in [-0.05, 0) is 18.2 Å². The van der Waals surface area contributed by atoms with Gasteiger partial charge in [-0.25, -0.2) is 4.39 Å². The largest absolute Gasteiger partial charge is 0.489 e. The number of nitrogens with zero attached hydrogens (tertiary/aromatic N) is 1. The summed E-state index contributed by atoms with van der Waals surface area (Å²) >= 11 is 0. The molecule has 2 N–H and O–H groups in total. The molecular weight excluding hydrogens is 267 g/mol. The second-order valence-electron chi connectivity index (χ2n) is 4.24. The standard InChI is InChI=1S/C17H13FN2O/c18-16-8-13(4-3-7-19)9-17(10-16)21-12-15-6-2-1-5-14(15)11-20/h1-2,5-6,8-10H,7,12,19H2. The zero-order valence-electron chi connectivity index (χ0n) is 11.3. The van der Waals surface area contributed by atoms with Crippen molar-refractivity contribution < 1.29 is 9.13 Å². The molecule has 0 saturated carbocycles. The van der Waals surface area contributed by atoms with Crippen molar-refractivity contribution in [2.75, 3.05) is 6.54 Å². The molecule has 0 aromatic heterocycles. The van der Waals surface area contributed by atoms with Crippen LogP contribution in [0.5, 0.6) is 5.75 Å². The minimum absolute atomic E-state index is 0.191. The van der Waals surface area contributed by atoms with Gasteiger partial charge in [0.15, 0.2) is 0 Å². The fraction of sp³-hybridized carbons (Fsp3) is 0.118. The quantitative estimate of drug-likeness (QED) is 0.879. The van der Waals surface area contributed by atoms with Gasteiger partial charge in [0.25, 0.3) is 0 Å². The van der Waals surface area contributed by atoms with Gasteiger partial charge in [-0.15, -0.1) is 0 Å². The van der Waals surface area contributed by atoms with Crippen LogP contribution in [-0.4, -0.2) is 6.54 Å². The molecule has 0 bridgehead atoms. The molecule has 2 rings (SSSR count). The lowest BCUT2D eigenvalue weighted by molar-refractivity contribution is 0.304. The SMILES string of the molecule is N#Cc1ccccc1COc1cc(F)cc(C#CCN)c1. The Labute approximate surface area is 122 Å². The van der Waals surface area contributed by atoms with Gasteiger partial charge in [0.05, 0.1) is 18.2 Å². The van der Waals surface area contributed by atoms with Crippen molar-refractivity contribution in [2.45, 2.75) is 6.61 Å². The Bertz CT molecular complexity index is 738. The predicted molar refractivity (Wildman–Crippen MR) is 77.8 cm³/mol. The van der Waals surface area contributed by atoms with Crippen LogP contribution in [0.1, 0.15) is 16.7 Å². The van der Waals surface area contributed by atoms with Crippen molar-refractivity contribution in [3.63, 3.8) is 0 Å². The maximum absolute atomic E-state index is 13.5. The van der Waals surface area contributed by atoms with Gasteiger partial charge in [0.1, 0.15) is 18.2 Å². The minimum atomic E-state index is -0.428. The van der Waals surface area contributed by atoms with E-state index < -0.39 is 5.82 Å². The van der Waals surface area contributed by atoms with Gasteiger partial charge in [-0.3, -0.25) is 0 Å². The summed E-state index contributed by atoms with van der Waals surface area (Å²) in [5.74, 6) is 5.36. The number of halogens is 1. The number of hydrogen-bond acceptors (Lipinski definition) is 3. The maximum Gasteiger partial charge on any atom is 0.128 e. The normalized spacial score (nSPS) is 9.38. The van der Waals surface area contributed by atoms with Crippen molar-refractivity contribution in [1.29, 1.82) is 5.26 Å². The molecule has 0 unspecified atom stereocenters. The molecule has 0 heterocycles. The van der Waals surface area contributed by atoms with Crippen LogP contribution < -0.4 is 10.5 Å². The fourth-order valence-corrected chi connectivity index (χ4v) is 1.79. The summed E-state index contributed by atoms with van der Waals surface area (Å²) in [6, 6.07) is 13.4. The van der Waals surface area contributed by atoms with E-state index in [2.05, 4.69) is 17.9 Å². The monoisotopic (exact) mass is 280 g/mol. The smallest absolute Gasteiger partial charge is 0.128 e. The molecule has 104 valence electrons. The zero-order valence-corrected chi connectivity index (χ0v) is 11.3. The summed E-state index contributed by atoms with van der Waals surface area (Å²) in [6.45, 7) is 0.402. The molecular formula is C17H13FN2O. The van der Waals surface area contributed by atoms with E-state index in [9.17, 15) is 4.39 Å². The number of ether oxygens (including phenoxy) is 1. The van der Waals surface area contributed by atoms with Gasteiger partial charge < -0.3 is 10.5 Å². The third-order valence-corrected chi connectivity index (χ3v) is 2.74. The molecule has 2 aromatic carbocycles. The van der Waals surface area contributed by atoms with Crippen molar-refractivity contribution in [3.05, 3.63) is 65.0 Å². The molecule has 0 fully saturated rings. The lowest BCUT2D eigenvalue weighted by Gasteiger charge is -2.08. The van der Waals surface area contributed by atoms with Crippen LogP contribution in [0.2, 0.25) is 0 Å². The number of rotatable bonds is 3. The van der Waals surface area contributed by atoms with Crippen molar-refractivity contribution in [3.8, 4) is 23.7 Å². The van der Waals surface area contributed by atoms with Crippen molar-refractivity contribution >= 4 is 0 Å². The van der Waals surface area contributed by atoms with Crippen LogP contribution in [0.25, 0.3) is 0 Å².